The van der Waals surface area contributed by atoms with E-state index in [9.17, 15) is 0 Å². The average Bonchev–Trinajstić information content (AvgIpc) is 3.09. The van der Waals surface area contributed by atoms with Crippen molar-refractivity contribution in [1.29, 1.82) is 0 Å². The minimum absolute atomic E-state index is 0.619. The molecule has 1 aliphatic rings. The van der Waals surface area contributed by atoms with E-state index in [4.69, 9.17) is 16.7 Å². The van der Waals surface area contributed by atoms with E-state index < -0.39 is 0 Å². The lowest BCUT2D eigenvalue weighted by Gasteiger charge is -2.21. The standard InChI is InChI=1S/C15H20ClN3S/c16-15-7-6-14(20-15)11-17-10-12-8-9-19(18-12)13-4-2-1-3-5-13/h6-9,13,17H,1-5,10-11H2. The normalized spacial score (nSPS) is 16.6. The molecule has 108 valence electrons. The van der Waals surface area contributed by atoms with Gasteiger partial charge in [-0.1, -0.05) is 30.9 Å². The van der Waals surface area contributed by atoms with Crippen molar-refractivity contribution in [3.8, 4) is 0 Å². The summed E-state index contributed by atoms with van der Waals surface area (Å²) in [5.41, 5.74) is 1.12. The summed E-state index contributed by atoms with van der Waals surface area (Å²) in [7, 11) is 0. The average molecular weight is 310 g/mol. The maximum absolute atomic E-state index is 5.92. The Bertz CT molecular complexity index is 543. The molecule has 20 heavy (non-hydrogen) atoms. The molecular weight excluding hydrogens is 290 g/mol. The zero-order valence-electron chi connectivity index (χ0n) is 11.5. The number of nitrogens with zero attached hydrogens (tertiary/aromatic N) is 2. The molecule has 2 heterocycles. The molecule has 0 aromatic carbocycles. The molecule has 1 saturated carbocycles. The summed E-state index contributed by atoms with van der Waals surface area (Å²) in [5.74, 6) is 0. The van der Waals surface area contributed by atoms with Crippen molar-refractivity contribution in [2.75, 3.05) is 0 Å². The predicted molar refractivity (Wildman–Crippen MR) is 84.2 cm³/mol. The monoisotopic (exact) mass is 309 g/mol. The third-order valence-corrected chi connectivity index (χ3v) is 5.08. The van der Waals surface area contributed by atoms with Gasteiger partial charge in [0.05, 0.1) is 16.1 Å². The molecule has 0 atom stereocenters. The Labute approximate surface area is 129 Å². The maximum Gasteiger partial charge on any atom is 0.0931 e. The van der Waals surface area contributed by atoms with Gasteiger partial charge in [0.1, 0.15) is 0 Å². The van der Waals surface area contributed by atoms with Crippen molar-refractivity contribution in [2.24, 2.45) is 0 Å². The highest BCUT2D eigenvalue weighted by molar-refractivity contribution is 7.16. The zero-order chi connectivity index (χ0) is 13.8. The van der Waals surface area contributed by atoms with Crippen LogP contribution in [0.5, 0.6) is 0 Å². The minimum Gasteiger partial charge on any atom is -0.306 e. The van der Waals surface area contributed by atoms with Crippen LogP contribution in [0.15, 0.2) is 24.4 Å². The highest BCUT2D eigenvalue weighted by Crippen LogP contribution is 2.27. The summed E-state index contributed by atoms with van der Waals surface area (Å²) in [6.07, 6.45) is 8.77. The molecule has 0 unspecified atom stereocenters. The van der Waals surface area contributed by atoms with Crippen LogP contribution in [0, 0.1) is 0 Å². The first-order chi connectivity index (χ1) is 9.81. The molecule has 3 nitrogen and oxygen atoms in total. The van der Waals surface area contributed by atoms with Gasteiger partial charge >= 0.3 is 0 Å². The molecule has 0 bridgehead atoms. The number of nitrogens with one attached hydrogen (secondary N) is 1. The van der Waals surface area contributed by atoms with E-state index in [0.29, 0.717) is 6.04 Å². The number of thiophene rings is 1. The summed E-state index contributed by atoms with van der Waals surface area (Å²) in [5, 5.41) is 8.13. The Morgan fingerprint density at radius 2 is 2.05 bits per heavy atom. The second-order valence-electron chi connectivity index (χ2n) is 5.39. The van der Waals surface area contributed by atoms with Gasteiger partial charge in [0.15, 0.2) is 0 Å². The van der Waals surface area contributed by atoms with Gasteiger partial charge in [-0.3, -0.25) is 4.68 Å². The highest BCUT2D eigenvalue weighted by Gasteiger charge is 2.15. The third-order valence-electron chi connectivity index (χ3n) is 3.85. The number of rotatable bonds is 5. The number of hydrogen-bond acceptors (Lipinski definition) is 3. The second kappa shape index (κ2) is 6.74. The summed E-state index contributed by atoms with van der Waals surface area (Å²) in [6.45, 7) is 1.67. The Balaban J connectivity index is 1.49. The van der Waals surface area contributed by atoms with Crippen LogP contribution in [-0.2, 0) is 13.1 Å². The topological polar surface area (TPSA) is 29.9 Å². The zero-order valence-corrected chi connectivity index (χ0v) is 13.1. The lowest BCUT2D eigenvalue weighted by atomic mass is 9.96. The summed E-state index contributed by atoms with van der Waals surface area (Å²) in [4.78, 5) is 1.27. The summed E-state index contributed by atoms with van der Waals surface area (Å²) < 4.78 is 3.02. The lowest BCUT2D eigenvalue weighted by molar-refractivity contribution is 0.327. The van der Waals surface area contributed by atoms with Crippen molar-refractivity contribution in [1.82, 2.24) is 15.1 Å². The smallest absolute Gasteiger partial charge is 0.0931 e. The van der Waals surface area contributed by atoms with Gasteiger partial charge in [-0.05, 0) is 31.0 Å². The van der Waals surface area contributed by atoms with E-state index in [0.717, 1.165) is 23.1 Å². The largest absolute Gasteiger partial charge is 0.306 e. The van der Waals surface area contributed by atoms with E-state index in [-0.39, 0.29) is 0 Å². The molecule has 3 rings (SSSR count). The van der Waals surface area contributed by atoms with Gasteiger partial charge in [0.25, 0.3) is 0 Å². The Morgan fingerprint density at radius 3 is 2.80 bits per heavy atom. The number of aromatic nitrogens is 2. The fourth-order valence-corrected chi connectivity index (χ4v) is 3.84. The van der Waals surface area contributed by atoms with Crippen LogP contribution in [0.1, 0.15) is 48.7 Å². The molecular formula is C15H20ClN3S. The van der Waals surface area contributed by atoms with Crippen molar-refractivity contribution in [2.45, 2.75) is 51.2 Å². The van der Waals surface area contributed by atoms with Gasteiger partial charge in [-0.25, -0.2) is 0 Å². The molecule has 1 N–H and O–H groups in total. The van der Waals surface area contributed by atoms with Gasteiger partial charge in [-0.15, -0.1) is 11.3 Å². The van der Waals surface area contributed by atoms with E-state index in [1.165, 1.54) is 37.0 Å². The molecule has 0 aliphatic heterocycles. The van der Waals surface area contributed by atoms with Crippen molar-refractivity contribution < 1.29 is 0 Å². The lowest BCUT2D eigenvalue weighted by Crippen LogP contribution is -2.15. The first kappa shape index (κ1) is 14.1. The van der Waals surface area contributed by atoms with Crippen LogP contribution in [-0.4, -0.2) is 9.78 Å². The van der Waals surface area contributed by atoms with Crippen LogP contribution >= 0.6 is 22.9 Å². The summed E-state index contributed by atoms with van der Waals surface area (Å²) >= 11 is 7.55. The molecule has 0 amide bonds. The first-order valence-electron chi connectivity index (χ1n) is 7.30. The predicted octanol–water partition coefficient (Wildman–Crippen LogP) is 4.39. The Morgan fingerprint density at radius 1 is 1.20 bits per heavy atom. The Kier molecular flexibility index (Phi) is 4.76. The summed E-state index contributed by atoms with van der Waals surface area (Å²) in [6, 6.07) is 6.76. The number of halogens is 1. The molecule has 0 saturated heterocycles. The quantitative estimate of drug-likeness (QED) is 0.887. The van der Waals surface area contributed by atoms with Crippen LogP contribution in [0.25, 0.3) is 0 Å². The van der Waals surface area contributed by atoms with Gasteiger partial charge in [-0.2, -0.15) is 5.10 Å². The van der Waals surface area contributed by atoms with E-state index >= 15 is 0 Å². The van der Waals surface area contributed by atoms with Crippen molar-refractivity contribution in [3.63, 3.8) is 0 Å². The van der Waals surface area contributed by atoms with Crippen LogP contribution in [0.2, 0.25) is 4.34 Å². The van der Waals surface area contributed by atoms with Crippen molar-refractivity contribution >= 4 is 22.9 Å². The van der Waals surface area contributed by atoms with E-state index in [2.05, 4.69) is 28.3 Å². The SMILES string of the molecule is Clc1ccc(CNCc2ccn(C3CCCCC3)n2)s1. The Hall–Kier alpha value is -0.840. The molecule has 0 radical (unpaired) electrons. The van der Waals surface area contributed by atoms with E-state index in [1.807, 2.05) is 6.07 Å². The highest BCUT2D eigenvalue weighted by atomic mass is 35.5. The molecule has 1 aliphatic carbocycles. The second-order valence-corrected chi connectivity index (χ2v) is 7.19. The molecule has 0 spiro atoms. The van der Waals surface area contributed by atoms with Crippen LogP contribution < -0.4 is 5.32 Å². The fourth-order valence-electron chi connectivity index (χ4n) is 2.78. The van der Waals surface area contributed by atoms with Crippen molar-refractivity contribution in [3.05, 3.63) is 39.3 Å². The molecule has 5 heteroatoms. The fraction of sp³-hybridized carbons (Fsp3) is 0.533. The molecule has 2 aromatic heterocycles. The van der Waals surface area contributed by atoms with Gasteiger partial charge in [0, 0.05) is 24.2 Å². The minimum atomic E-state index is 0.619. The number of hydrogen-bond donors (Lipinski definition) is 1. The molecule has 2 aromatic rings. The maximum atomic E-state index is 5.92. The van der Waals surface area contributed by atoms with Gasteiger partial charge in [0.2, 0.25) is 0 Å². The third kappa shape index (κ3) is 3.62. The molecule has 1 fully saturated rings. The van der Waals surface area contributed by atoms with Crippen LogP contribution in [0.3, 0.4) is 0 Å². The van der Waals surface area contributed by atoms with Crippen LogP contribution in [0.4, 0.5) is 0 Å². The van der Waals surface area contributed by atoms with Gasteiger partial charge < -0.3 is 5.32 Å². The van der Waals surface area contributed by atoms with E-state index in [1.54, 1.807) is 11.3 Å². The first-order valence-corrected chi connectivity index (χ1v) is 8.50.